The number of nitrogens with two attached hydrogens (primary N) is 1. The number of rotatable bonds is 7. The number of hydrogen-bond donors (Lipinski definition) is 1. The lowest BCUT2D eigenvalue weighted by atomic mass is 10.2. The first-order chi connectivity index (χ1) is 8.38. The van der Waals surface area contributed by atoms with Crippen LogP contribution in [0.1, 0.15) is 5.56 Å². The summed E-state index contributed by atoms with van der Waals surface area (Å²) < 4.78 is 31.7. The van der Waals surface area contributed by atoms with Crippen molar-refractivity contribution >= 4 is 21.6 Å². The van der Waals surface area contributed by atoms with E-state index in [-0.39, 0.29) is 12.4 Å². The highest BCUT2D eigenvalue weighted by atomic mass is 35.5. The lowest BCUT2D eigenvalue weighted by Gasteiger charge is -2.08. The largest absolute Gasteiger partial charge is 0.491 e. The normalized spacial score (nSPS) is 11.5. The maximum atomic E-state index is 10.6. The fourth-order valence-corrected chi connectivity index (χ4v) is 1.67. The van der Waals surface area contributed by atoms with Gasteiger partial charge in [-0.1, -0.05) is 11.6 Å². The van der Waals surface area contributed by atoms with Crippen molar-refractivity contribution in [3.05, 3.63) is 28.8 Å². The van der Waals surface area contributed by atoms with E-state index in [1.807, 2.05) is 13.0 Å². The summed E-state index contributed by atoms with van der Waals surface area (Å²) in [7, 11) is -3.45. The van der Waals surface area contributed by atoms with Crippen molar-refractivity contribution in [3.8, 4) is 5.75 Å². The standard InChI is InChI=1S/C11H16ClNO4S/c1-9-8-10(2-3-11(9)12)17-5-4-16-6-7-18(13,14)15/h2-3,8H,4-7H2,1H3,(H2,13,14,15). The zero-order valence-corrected chi connectivity index (χ0v) is 11.6. The van der Waals surface area contributed by atoms with Crippen molar-refractivity contribution in [2.24, 2.45) is 5.14 Å². The fraction of sp³-hybridized carbons (Fsp3) is 0.455. The molecule has 0 aliphatic rings. The monoisotopic (exact) mass is 293 g/mol. The van der Waals surface area contributed by atoms with Crippen molar-refractivity contribution < 1.29 is 17.9 Å². The first kappa shape index (κ1) is 15.2. The molecule has 0 heterocycles. The highest BCUT2D eigenvalue weighted by Crippen LogP contribution is 2.20. The number of ether oxygens (including phenoxy) is 2. The molecule has 0 spiro atoms. The minimum atomic E-state index is -3.45. The van der Waals surface area contributed by atoms with Gasteiger partial charge in [-0.3, -0.25) is 0 Å². The minimum Gasteiger partial charge on any atom is -0.491 e. The minimum absolute atomic E-state index is 0.0713. The topological polar surface area (TPSA) is 78.6 Å². The zero-order valence-electron chi connectivity index (χ0n) is 10.1. The van der Waals surface area contributed by atoms with E-state index in [4.69, 9.17) is 26.2 Å². The summed E-state index contributed by atoms with van der Waals surface area (Å²) in [4.78, 5) is 0. The highest BCUT2D eigenvalue weighted by molar-refractivity contribution is 7.89. The molecule has 18 heavy (non-hydrogen) atoms. The van der Waals surface area contributed by atoms with Crippen LogP contribution in [0.4, 0.5) is 0 Å². The van der Waals surface area contributed by atoms with Crippen LogP contribution in [0.5, 0.6) is 5.75 Å². The van der Waals surface area contributed by atoms with Gasteiger partial charge < -0.3 is 9.47 Å². The van der Waals surface area contributed by atoms with Crippen LogP contribution in [-0.2, 0) is 14.8 Å². The van der Waals surface area contributed by atoms with Gasteiger partial charge in [-0.15, -0.1) is 0 Å². The number of aryl methyl sites for hydroxylation is 1. The highest BCUT2D eigenvalue weighted by Gasteiger charge is 2.02. The molecule has 0 unspecified atom stereocenters. The molecule has 0 saturated carbocycles. The predicted molar refractivity (Wildman–Crippen MR) is 70.5 cm³/mol. The van der Waals surface area contributed by atoms with Crippen molar-refractivity contribution in [1.29, 1.82) is 0 Å². The van der Waals surface area contributed by atoms with E-state index in [0.29, 0.717) is 24.0 Å². The van der Waals surface area contributed by atoms with Gasteiger partial charge in [0.1, 0.15) is 12.4 Å². The second-order valence-electron chi connectivity index (χ2n) is 3.74. The number of primary sulfonamides is 1. The van der Waals surface area contributed by atoms with Gasteiger partial charge in [0.25, 0.3) is 0 Å². The quantitative estimate of drug-likeness (QED) is 0.769. The molecule has 1 rings (SSSR count). The third-order valence-corrected chi connectivity index (χ3v) is 3.30. The summed E-state index contributed by atoms with van der Waals surface area (Å²) in [5.74, 6) is 0.513. The number of benzene rings is 1. The van der Waals surface area contributed by atoms with E-state index in [9.17, 15) is 8.42 Å². The molecule has 0 bridgehead atoms. The molecule has 102 valence electrons. The van der Waals surface area contributed by atoms with Gasteiger partial charge in [-0.05, 0) is 30.7 Å². The smallest absolute Gasteiger partial charge is 0.211 e. The third-order valence-electron chi connectivity index (χ3n) is 2.14. The van der Waals surface area contributed by atoms with Gasteiger partial charge in [0.2, 0.25) is 10.0 Å². The van der Waals surface area contributed by atoms with Crippen molar-refractivity contribution in [3.63, 3.8) is 0 Å². The number of halogens is 1. The van der Waals surface area contributed by atoms with Crippen LogP contribution < -0.4 is 9.88 Å². The van der Waals surface area contributed by atoms with Gasteiger partial charge in [0, 0.05) is 5.02 Å². The third kappa shape index (κ3) is 6.20. The average molecular weight is 294 g/mol. The number of hydrogen-bond acceptors (Lipinski definition) is 4. The van der Waals surface area contributed by atoms with Crippen molar-refractivity contribution in [1.82, 2.24) is 0 Å². The summed E-state index contributed by atoms with van der Waals surface area (Å²) in [6.45, 7) is 2.60. The molecular formula is C11H16ClNO4S. The SMILES string of the molecule is Cc1cc(OCCOCCS(N)(=O)=O)ccc1Cl. The Kier molecular flexibility index (Phi) is 5.87. The molecule has 1 aromatic rings. The lowest BCUT2D eigenvalue weighted by molar-refractivity contribution is 0.111. The Morgan fingerprint density at radius 3 is 2.61 bits per heavy atom. The molecular weight excluding hydrogens is 278 g/mol. The van der Waals surface area contributed by atoms with Crippen molar-refractivity contribution in [2.45, 2.75) is 6.92 Å². The van der Waals surface area contributed by atoms with Crippen molar-refractivity contribution in [2.75, 3.05) is 25.6 Å². The van der Waals surface area contributed by atoms with Crippen LogP contribution in [0.3, 0.4) is 0 Å². The van der Waals surface area contributed by atoms with E-state index < -0.39 is 10.0 Å². The van der Waals surface area contributed by atoms with E-state index >= 15 is 0 Å². The Labute approximate surface area is 112 Å². The van der Waals surface area contributed by atoms with E-state index in [2.05, 4.69) is 0 Å². The molecule has 0 aliphatic carbocycles. The molecule has 0 aromatic heterocycles. The molecule has 5 nitrogen and oxygen atoms in total. The first-order valence-electron chi connectivity index (χ1n) is 5.35. The molecule has 0 fully saturated rings. The van der Waals surface area contributed by atoms with Crippen LogP contribution in [0, 0.1) is 6.92 Å². The van der Waals surface area contributed by atoms with Gasteiger partial charge >= 0.3 is 0 Å². The van der Waals surface area contributed by atoms with E-state index in [1.165, 1.54) is 0 Å². The Hall–Kier alpha value is -0.820. The summed E-state index contributed by atoms with van der Waals surface area (Å²) in [6, 6.07) is 5.35. The summed E-state index contributed by atoms with van der Waals surface area (Å²) in [5.41, 5.74) is 0.935. The maximum Gasteiger partial charge on any atom is 0.211 e. The van der Waals surface area contributed by atoms with Crippen LogP contribution in [0.2, 0.25) is 5.02 Å². The molecule has 0 radical (unpaired) electrons. The van der Waals surface area contributed by atoms with Crippen LogP contribution in [-0.4, -0.2) is 34.0 Å². The Bertz CT molecular complexity index is 490. The Morgan fingerprint density at radius 1 is 1.28 bits per heavy atom. The van der Waals surface area contributed by atoms with Gasteiger partial charge in [-0.2, -0.15) is 0 Å². The Balaban J connectivity index is 2.20. The number of sulfonamides is 1. The Morgan fingerprint density at radius 2 is 2.00 bits per heavy atom. The van der Waals surface area contributed by atoms with Crippen LogP contribution >= 0.6 is 11.6 Å². The average Bonchev–Trinajstić information content (AvgIpc) is 2.26. The second kappa shape index (κ2) is 6.94. The molecule has 0 saturated heterocycles. The first-order valence-corrected chi connectivity index (χ1v) is 7.45. The molecule has 0 amide bonds. The van der Waals surface area contributed by atoms with E-state index in [1.54, 1.807) is 12.1 Å². The molecule has 0 atom stereocenters. The lowest BCUT2D eigenvalue weighted by Crippen LogP contribution is -2.21. The van der Waals surface area contributed by atoms with Gasteiger partial charge in [0.05, 0.1) is 19.0 Å². The van der Waals surface area contributed by atoms with Gasteiger partial charge in [-0.25, -0.2) is 13.6 Å². The second-order valence-corrected chi connectivity index (χ2v) is 5.88. The molecule has 7 heteroatoms. The molecule has 1 aromatic carbocycles. The summed E-state index contributed by atoms with van der Waals surface area (Å²) in [5, 5.41) is 5.51. The fourth-order valence-electron chi connectivity index (χ4n) is 1.20. The molecule has 2 N–H and O–H groups in total. The van der Waals surface area contributed by atoms with E-state index in [0.717, 1.165) is 5.56 Å². The van der Waals surface area contributed by atoms with Gasteiger partial charge in [0.15, 0.2) is 0 Å². The zero-order chi connectivity index (χ0) is 13.6. The van der Waals surface area contributed by atoms with Crippen LogP contribution in [0.15, 0.2) is 18.2 Å². The summed E-state index contributed by atoms with van der Waals surface area (Å²) >= 11 is 5.88. The molecule has 0 aliphatic heterocycles. The summed E-state index contributed by atoms with van der Waals surface area (Å²) in [6.07, 6.45) is 0. The van der Waals surface area contributed by atoms with Crippen LogP contribution in [0.25, 0.3) is 0 Å². The maximum absolute atomic E-state index is 10.6. The predicted octanol–water partition coefficient (Wildman–Crippen LogP) is 1.33.